The second kappa shape index (κ2) is 7.64. The highest BCUT2D eigenvalue weighted by atomic mass is 16.4. The smallest absolute Gasteiger partial charge is 0.332 e. The Bertz CT molecular complexity index is 514. The number of aliphatic carboxylic acids is 1. The average Bonchev–Trinajstić information content (AvgIpc) is 2.40. The third-order valence-corrected chi connectivity index (χ3v) is 3.15. The number of anilines is 1. The first-order valence-corrected chi connectivity index (χ1v) is 6.88. The van der Waals surface area contributed by atoms with Gasteiger partial charge < -0.3 is 20.8 Å². The average molecular weight is 294 g/mol. The lowest BCUT2D eigenvalue weighted by Crippen LogP contribution is -2.33. The van der Waals surface area contributed by atoms with Gasteiger partial charge in [-0.15, -0.1) is 0 Å². The van der Waals surface area contributed by atoms with E-state index in [1.807, 2.05) is 39.0 Å². The van der Waals surface area contributed by atoms with Gasteiger partial charge in [0.15, 0.2) is 6.10 Å². The van der Waals surface area contributed by atoms with Crippen LogP contribution in [0.5, 0.6) is 0 Å². The first kappa shape index (κ1) is 17.0. The molecular formula is C15H22N2O4. The number of rotatable bonds is 6. The number of amides is 2. The van der Waals surface area contributed by atoms with E-state index >= 15 is 0 Å². The molecule has 2 amide bonds. The SMILES string of the molecule is Cc1cccc(C(C)C)c1NC(=O)NCCC(O)C(=O)O. The fourth-order valence-corrected chi connectivity index (χ4v) is 1.95. The molecule has 0 saturated carbocycles. The van der Waals surface area contributed by atoms with Crippen LogP contribution < -0.4 is 10.6 Å². The lowest BCUT2D eigenvalue weighted by Gasteiger charge is -2.17. The fraction of sp³-hybridized carbons (Fsp3) is 0.467. The maximum Gasteiger partial charge on any atom is 0.332 e. The summed E-state index contributed by atoms with van der Waals surface area (Å²) in [5, 5.41) is 23.0. The maximum atomic E-state index is 11.8. The van der Waals surface area contributed by atoms with Gasteiger partial charge >= 0.3 is 12.0 Å². The number of carboxylic acids is 1. The van der Waals surface area contributed by atoms with Gasteiger partial charge in [-0.1, -0.05) is 32.0 Å². The van der Waals surface area contributed by atoms with Crippen LogP contribution in [0.2, 0.25) is 0 Å². The summed E-state index contributed by atoms with van der Waals surface area (Å²) in [6.07, 6.45) is -1.50. The fourth-order valence-electron chi connectivity index (χ4n) is 1.95. The van der Waals surface area contributed by atoms with Crippen molar-refractivity contribution >= 4 is 17.7 Å². The van der Waals surface area contributed by atoms with Crippen LogP contribution >= 0.6 is 0 Å². The molecule has 0 fully saturated rings. The lowest BCUT2D eigenvalue weighted by atomic mass is 9.98. The molecule has 116 valence electrons. The molecule has 0 aliphatic heterocycles. The molecule has 1 rings (SSSR count). The summed E-state index contributed by atoms with van der Waals surface area (Å²) < 4.78 is 0. The van der Waals surface area contributed by atoms with Crippen molar-refractivity contribution in [2.75, 3.05) is 11.9 Å². The number of aliphatic hydroxyl groups is 1. The Morgan fingerprint density at radius 1 is 1.29 bits per heavy atom. The molecular weight excluding hydrogens is 272 g/mol. The number of hydrogen-bond donors (Lipinski definition) is 4. The van der Waals surface area contributed by atoms with Gasteiger partial charge in [0, 0.05) is 18.7 Å². The van der Waals surface area contributed by atoms with Gasteiger partial charge in [0.25, 0.3) is 0 Å². The van der Waals surface area contributed by atoms with E-state index < -0.39 is 18.1 Å². The summed E-state index contributed by atoms with van der Waals surface area (Å²) in [7, 11) is 0. The van der Waals surface area contributed by atoms with E-state index in [2.05, 4.69) is 10.6 Å². The van der Waals surface area contributed by atoms with Crippen LogP contribution in [0.3, 0.4) is 0 Å². The van der Waals surface area contributed by atoms with Gasteiger partial charge in [-0.3, -0.25) is 0 Å². The second-order valence-electron chi connectivity index (χ2n) is 5.22. The number of nitrogens with one attached hydrogen (secondary N) is 2. The summed E-state index contributed by atoms with van der Waals surface area (Å²) >= 11 is 0. The van der Waals surface area contributed by atoms with E-state index in [4.69, 9.17) is 10.2 Å². The van der Waals surface area contributed by atoms with Crippen LogP contribution in [0.25, 0.3) is 0 Å². The third kappa shape index (κ3) is 5.07. The lowest BCUT2D eigenvalue weighted by molar-refractivity contribution is -0.146. The molecule has 4 N–H and O–H groups in total. The Morgan fingerprint density at radius 2 is 1.95 bits per heavy atom. The molecule has 6 heteroatoms. The maximum absolute atomic E-state index is 11.8. The van der Waals surface area contributed by atoms with E-state index in [0.717, 1.165) is 16.8 Å². The predicted octanol–water partition coefficient (Wildman–Crippen LogP) is 2.08. The van der Waals surface area contributed by atoms with Crippen molar-refractivity contribution in [3.63, 3.8) is 0 Å². The Hall–Kier alpha value is -2.08. The van der Waals surface area contributed by atoms with Gasteiger partial charge in [-0.05, 0) is 24.0 Å². The summed E-state index contributed by atoms with van der Waals surface area (Å²) in [4.78, 5) is 22.3. The molecule has 0 spiro atoms. The standard InChI is InChI=1S/C15H22N2O4/c1-9(2)11-6-4-5-10(3)13(11)17-15(21)16-8-7-12(18)14(19)20/h4-6,9,12,18H,7-8H2,1-3H3,(H,19,20)(H2,16,17,21). The highest BCUT2D eigenvalue weighted by Crippen LogP contribution is 2.27. The summed E-state index contributed by atoms with van der Waals surface area (Å²) in [6.45, 7) is 6.08. The number of aliphatic hydroxyl groups excluding tert-OH is 1. The minimum atomic E-state index is -1.46. The first-order chi connectivity index (χ1) is 9.82. The zero-order chi connectivity index (χ0) is 16.0. The zero-order valence-electron chi connectivity index (χ0n) is 12.5. The second-order valence-corrected chi connectivity index (χ2v) is 5.22. The Balaban J connectivity index is 2.61. The van der Waals surface area contributed by atoms with Crippen molar-refractivity contribution in [1.29, 1.82) is 0 Å². The van der Waals surface area contributed by atoms with E-state index in [-0.39, 0.29) is 18.9 Å². The van der Waals surface area contributed by atoms with Gasteiger partial charge in [-0.2, -0.15) is 0 Å². The van der Waals surface area contributed by atoms with Crippen molar-refractivity contribution in [3.05, 3.63) is 29.3 Å². The molecule has 21 heavy (non-hydrogen) atoms. The highest BCUT2D eigenvalue weighted by Gasteiger charge is 2.14. The summed E-state index contributed by atoms with van der Waals surface area (Å²) in [5.74, 6) is -1.02. The van der Waals surface area contributed by atoms with Crippen molar-refractivity contribution in [3.8, 4) is 0 Å². The number of hydrogen-bond acceptors (Lipinski definition) is 3. The predicted molar refractivity (Wildman–Crippen MR) is 80.5 cm³/mol. The van der Waals surface area contributed by atoms with Crippen LogP contribution in [0.4, 0.5) is 10.5 Å². The number of aryl methyl sites for hydroxylation is 1. The number of para-hydroxylation sites is 1. The quantitative estimate of drug-likeness (QED) is 0.645. The molecule has 1 atom stereocenters. The summed E-state index contributed by atoms with van der Waals surface area (Å²) in [5.41, 5.74) is 2.77. The largest absolute Gasteiger partial charge is 0.479 e. The van der Waals surface area contributed by atoms with Crippen LogP contribution in [0.15, 0.2) is 18.2 Å². The van der Waals surface area contributed by atoms with Crippen LogP contribution in [-0.4, -0.2) is 34.9 Å². The van der Waals surface area contributed by atoms with Gasteiger partial charge in [0.2, 0.25) is 0 Å². The summed E-state index contributed by atoms with van der Waals surface area (Å²) in [6, 6.07) is 5.40. The van der Waals surface area contributed by atoms with E-state index in [9.17, 15) is 9.59 Å². The molecule has 1 unspecified atom stereocenters. The number of benzene rings is 1. The Morgan fingerprint density at radius 3 is 2.52 bits per heavy atom. The third-order valence-electron chi connectivity index (χ3n) is 3.15. The molecule has 0 aromatic heterocycles. The number of urea groups is 1. The molecule has 0 saturated heterocycles. The highest BCUT2D eigenvalue weighted by molar-refractivity contribution is 5.91. The Labute approximate surface area is 124 Å². The topological polar surface area (TPSA) is 98.7 Å². The van der Waals surface area contributed by atoms with Crippen LogP contribution in [-0.2, 0) is 4.79 Å². The normalized spacial score (nSPS) is 12.0. The van der Waals surface area contributed by atoms with Crippen molar-refractivity contribution < 1.29 is 19.8 Å². The van der Waals surface area contributed by atoms with E-state index in [1.54, 1.807) is 0 Å². The zero-order valence-corrected chi connectivity index (χ0v) is 12.5. The molecule has 0 radical (unpaired) electrons. The van der Waals surface area contributed by atoms with Crippen molar-refractivity contribution in [2.45, 2.75) is 39.2 Å². The molecule has 1 aromatic carbocycles. The van der Waals surface area contributed by atoms with E-state index in [0.29, 0.717) is 0 Å². The molecule has 1 aromatic rings. The Kier molecular flexibility index (Phi) is 6.17. The molecule has 0 aliphatic carbocycles. The van der Waals surface area contributed by atoms with Gasteiger partial charge in [-0.25, -0.2) is 9.59 Å². The van der Waals surface area contributed by atoms with E-state index in [1.165, 1.54) is 0 Å². The van der Waals surface area contributed by atoms with Crippen LogP contribution in [0.1, 0.15) is 37.3 Å². The number of carbonyl (C=O) groups is 2. The van der Waals surface area contributed by atoms with Crippen molar-refractivity contribution in [1.82, 2.24) is 5.32 Å². The van der Waals surface area contributed by atoms with Gasteiger partial charge in [0.1, 0.15) is 0 Å². The monoisotopic (exact) mass is 294 g/mol. The van der Waals surface area contributed by atoms with Gasteiger partial charge in [0.05, 0.1) is 0 Å². The van der Waals surface area contributed by atoms with Crippen LogP contribution in [0, 0.1) is 6.92 Å². The molecule has 6 nitrogen and oxygen atoms in total. The number of carbonyl (C=O) groups excluding carboxylic acids is 1. The molecule has 0 aliphatic rings. The molecule has 0 heterocycles. The minimum Gasteiger partial charge on any atom is -0.479 e. The minimum absolute atomic E-state index is 0.0342. The first-order valence-electron chi connectivity index (χ1n) is 6.88. The number of carboxylic acid groups (broad SMARTS) is 1. The van der Waals surface area contributed by atoms with Crippen molar-refractivity contribution in [2.24, 2.45) is 0 Å². The molecule has 0 bridgehead atoms.